The van der Waals surface area contributed by atoms with Crippen molar-refractivity contribution in [2.24, 2.45) is 0 Å². The van der Waals surface area contributed by atoms with Gasteiger partial charge in [-0.15, -0.1) is 0 Å². The van der Waals surface area contributed by atoms with Crippen molar-refractivity contribution >= 4 is 0 Å². The Balaban J connectivity index is 1.67. The maximum Gasteiger partial charge on any atom is 0.280 e. The Labute approximate surface area is 186 Å². The first-order chi connectivity index (χ1) is 15.6. The minimum atomic E-state index is -0.439. The summed E-state index contributed by atoms with van der Waals surface area (Å²) in [5.41, 5.74) is 1.24. The van der Waals surface area contributed by atoms with Crippen LogP contribution in [0.1, 0.15) is 39.5 Å². The lowest BCUT2D eigenvalue weighted by atomic mass is 10.1. The standard InChI is InChI=1S/C26H26N2O4/c1-3-5-15-31-19-11-7-17(8-12-19)23-21-22(26(30)27-23)24(28-25(21)29)18-9-13-20(14-10-18)32-16-6-4-2/h7-14H,3-6,15-16H2,1-2H3. The minimum Gasteiger partial charge on any atom is -0.494 e. The van der Waals surface area contributed by atoms with Crippen LogP contribution in [0.3, 0.4) is 0 Å². The van der Waals surface area contributed by atoms with Crippen molar-refractivity contribution in [2.45, 2.75) is 39.5 Å². The van der Waals surface area contributed by atoms with Gasteiger partial charge in [0.1, 0.15) is 11.5 Å². The Morgan fingerprint density at radius 3 is 1.34 bits per heavy atom. The first kappa shape index (κ1) is 21.7. The molecular formula is C26H26N2O4. The minimum absolute atomic E-state index is 0.271. The number of ether oxygens (including phenoxy) is 2. The van der Waals surface area contributed by atoms with E-state index in [1.165, 1.54) is 0 Å². The fourth-order valence-electron chi connectivity index (χ4n) is 3.58. The summed E-state index contributed by atoms with van der Waals surface area (Å²) in [6, 6.07) is 14.6. The highest BCUT2D eigenvalue weighted by Crippen LogP contribution is 2.25. The monoisotopic (exact) mass is 430 g/mol. The number of rotatable bonds is 10. The third-order valence-electron chi connectivity index (χ3n) is 5.37. The number of hydrogen-bond acceptors (Lipinski definition) is 6. The molecule has 32 heavy (non-hydrogen) atoms. The van der Waals surface area contributed by atoms with E-state index < -0.39 is 11.1 Å². The average Bonchev–Trinajstić information content (AvgIpc) is 3.33. The molecule has 0 aromatic heterocycles. The second-order valence-electron chi connectivity index (χ2n) is 7.73. The van der Waals surface area contributed by atoms with Gasteiger partial charge < -0.3 is 9.47 Å². The Morgan fingerprint density at radius 1 is 0.625 bits per heavy atom. The predicted octanol–water partition coefficient (Wildman–Crippen LogP) is 4.49. The molecule has 2 aliphatic heterocycles. The van der Waals surface area contributed by atoms with E-state index in [1.54, 1.807) is 0 Å². The van der Waals surface area contributed by atoms with E-state index in [1.807, 2.05) is 48.5 Å². The SMILES string of the molecule is CCCCOc1ccc(-c2nc(=O)c3c(-c4ccc(OCCCC)cc4)nc(=O)c2=3)cc1. The number of aromatic nitrogens is 2. The summed E-state index contributed by atoms with van der Waals surface area (Å²) < 4.78 is 11.4. The number of unbranched alkanes of at least 4 members (excludes halogenated alkanes) is 2. The van der Waals surface area contributed by atoms with Gasteiger partial charge in [0, 0.05) is 11.1 Å². The molecule has 0 saturated heterocycles. The van der Waals surface area contributed by atoms with Gasteiger partial charge in [-0.1, -0.05) is 26.7 Å². The zero-order valence-corrected chi connectivity index (χ0v) is 18.4. The largest absolute Gasteiger partial charge is 0.494 e. The van der Waals surface area contributed by atoms with Crippen molar-refractivity contribution in [3.63, 3.8) is 0 Å². The summed E-state index contributed by atoms with van der Waals surface area (Å²) in [4.78, 5) is 33.8. The summed E-state index contributed by atoms with van der Waals surface area (Å²) in [6.07, 6.45) is 4.10. The molecule has 4 rings (SSSR count). The fourth-order valence-corrected chi connectivity index (χ4v) is 3.58. The molecule has 2 aromatic rings. The van der Waals surface area contributed by atoms with Crippen LogP contribution in [0.5, 0.6) is 11.5 Å². The Kier molecular flexibility index (Phi) is 6.59. The molecular weight excluding hydrogens is 404 g/mol. The van der Waals surface area contributed by atoms with Gasteiger partial charge in [0.2, 0.25) is 0 Å². The van der Waals surface area contributed by atoms with Gasteiger partial charge in [0.25, 0.3) is 11.1 Å². The van der Waals surface area contributed by atoms with Gasteiger partial charge in [0.05, 0.1) is 35.0 Å². The van der Waals surface area contributed by atoms with Gasteiger partial charge in [-0.05, 0) is 61.4 Å². The van der Waals surface area contributed by atoms with Crippen molar-refractivity contribution in [1.29, 1.82) is 0 Å². The molecule has 0 N–H and O–H groups in total. The molecule has 2 heterocycles. The molecule has 6 heteroatoms. The van der Waals surface area contributed by atoms with Crippen molar-refractivity contribution in [2.75, 3.05) is 13.2 Å². The molecule has 0 atom stereocenters. The number of hydrogen-bond donors (Lipinski definition) is 0. The first-order valence-corrected chi connectivity index (χ1v) is 11.1. The first-order valence-electron chi connectivity index (χ1n) is 11.1. The van der Waals surface area contributed by atoms with E-state index in [9.17, 15) is 9.59 Å². The van der Waals surface area contributed by atoms with Crippen LogP contribution in [-0.2, 0) is 0 Å². The summed E-state index contributed by atoms with van der Waals surface area (Å²) in [5.74, 6) is 1.49. The number of benzene rings is 2. The van der Waals surface area contributed by atoms with Gasteiger partial charge in [0.15, 0.2) is 0 Å². The molecule has 0 fully saturated rings. The topological polar surface area (TPSA) is 78.4 Å². The quantitative estimate of drug-likeness (QED) is 0.345. The summed E-state index contributed by atoms with van der Waals surface area (Å²) in [7, 11) is 0. The molecule has 2 aromatic carbocycles. The van der Waals surface area contributed by atoms with E-state index in [4.69, 9.17) is 9.47 Å². The third-order valence-corrected chi connectivity index (χ3v) is 5.37. The Hall–Kier alpha value is -3.54. The van der Waals surface area contributed by atoms with E-state index in [0.29, 0.717) is 35.7 Å². The predicted molar refractivity (Wildman–Crippen MR) is 124 cm³/mol. The summed E-state index contributed by atoms with van der Waals surface area (Å²) in [5, 5.41) is 0.542. The molecule has 0 bridgehead atoms. The van der Waals surface area contributed by atoms with Crippen molar-refractivity contribution in [3.05, 3.63) is 79.7 Å². The lowest BCUT2D eigenvalue weighted by Gasteiger charge is -2.05. The highest BCUT2D eigenvalue weighted by atomic mass is 16.5. The number of nitrogens with zero attached hydrogens (tertiary/aromatic N) is 2. The van der Waals surface area contributed by atoms with Crippen LogP contribution < -0.4 is 20.6 Å². The van der Waals surface area contributed by atoms with E-state index in [0.717, 1.165) is 37.2 Å². The van der Waals surface area contributed by atoms with E-state index in [-0.39, 0.29) is 10.4 Å². The molecule has 6 nitrogen and oxygen atoms in total. The third kappa shape index (κ3) is 4.40. The second kappa shape index (κ2) is 9.73. The van der Waals surface area contributed by atoms with Crippen LogP contribution in [0, 0.1) is 10.4 Å². The van der Waals surface area contributed by atoms with Crippen LogP contribution in [0.4, 0.5) is 0 Å². The van der Waals surface area contributed by atoms with Crippen molar-refractivity contribution in [3.8, 4) is 34.0 Å². The lowest BCUT2D eigenvalue weighted by Crippen LogP contribution is -2.04. The Bertz CT molecular complexity index is 1220. The van der Waals surface area contributed by atoms with Gasteiger partial charge in [-0.25, -0.2) is 9.97 Å². The summed E-state index contributed by atoms with van der Waals surface area (Å²) in [6.45, 7) is 5.53. The van der Waals surface area contributed by atoms with E-state index in [2.05, 4.69) is 23.8 Å². The zero-order valence-electron chi connectivity index (χ0n) is 18.4. The summed E-state index contributed by atoms with van der Waals surface area (Å²) >= 11 is 0. The maximum atomic E-state index is 12.7. The smallest absolute Gasteiger partial charge is 0.280 e. The van der Waals surface area contributed by atoms with Crippen LogP contribution in [0.2, 0.25) is 0 Å². The zero-order chi connectivity index (χ0) is 22.5. The Morgan fingerprint density at radius 2 is 1.00 bits per heavy atom. The van der Waals surface area contributed by atoms with Crippen molar-refractivity contribution < 1.29 is 9.47 Å². The highest BCUT2D eigenvalue weighted by molar-refractivity contribution is 5.67. The molecule has 164 valence electrons. The van der Waals surface area contributed by atoms with Crippen LogP contribution in [0.15, 0.2) is 58.1 Å². The van der Waals surface area contributed by atoms with Crippen LogP contribution >= 0.6 is 0 Å². The second-order valence-corrected chi connectivity index (χ2v) is 7.73. The maximum absolute atomic E-state index is 12.7. The molecule has 0 amide bonds. The van der Waals surface area contributed by atoms with Crippen LogP contribution in [0.25, 0.3) is 22.5 Å². The molecule has 2 aliphatic rings. The molecule has 0 saturated carbocycles. The molecule has 0 unspecified atom stereocenters. The van der Waals surface area contributed by atoms with Gasteiger partial charge in [-0.2, -0.15) is 0 Å². The normalized spacial score (nSPS) is 11.2. The molecule has 0 aliphatic carbocycles. The lowest BCUT2D eigenvalue weighted by molar-refractivity contribution is 0.309. The molecule has 0 radical (unpaired) electrons. The van der Waals surface area contributed by atoms with Gasteiger partial charge in [-0.3, -0.25) is 9.59 Å². The fraction of sp³-hybridized carbons (Fsp3) is 0.308. The molecule has 0 spiro atoms. The van der Waals surface area contributed by atoms with Crippen molar-refractivity contribution in [1.82, 2.24) is 9.97 Å². The van der Waals surface area contributed by atoms with Crippen LogP contribution in [-0.4, -0.2) is 23.2 Å². The van der Waals surface area contributed by atoms with Gasteiger partial charge >= 0.3 is 0 Å². The average molecular weight is 431 g/mol. The van der Waals surface area contributed by atoms with E-state index >= 15 is 0 Å². The highest BCUT2D eigenvalue weighted by Gasteiger charge is 2.19.